The quantitative estimate of drug-likeness (QED) is 0.793. The molecule has 30 heavy (non-hydrogen) atoms. The summed E-state index contributed by atoms with van der Waals surface area (Å²) in [6.07, 6.45) is -0.351. The standard InChI is InChI=1S/C21H19N3O5S/c25-18(22-13-9-10-30(28,29)12-13)11-23-19-14-5-1-2-6-15(14)21(27)24(19)17-8-4-3-7-16(17)20(23)26/h1-8,13,19H,9-12H2,(H,22,25)/t13-,19+/m0/s1. The lowest BCUT2D eigenvalue weighted by molar-refractivity contribution is -0.122. The highest BCUT2D eigenvalue weighted by molar-refractivity contribution is 7.91. The predicted molar refractivity (Wildman–Crippen MR) is 109 cm³/mol. The number of sulfone groups is 1. The first-order valence-corrected chi connectivity index (χ1v) is 11.5. The summed E-state index contributed by atoms with van der Waals surface area (Å²) in [4.78, 5) is 42.0. The third kappa shape index (κ3) is 2.88. The van der Waals surface area contributed by atoms with Crippen LogP contribution >= 0.6 is 0 Å². The Morgan fingerprint density at radius 2 is 1.70 bits per heavy atom. The normalized spacial score (nSPS) is 23.7. The van der Waals surface area contributed by atoms with Crippen LogP contribution in [0, 0.1) is 0 Å². The van der Waals surface area contributed by atoms with Crippen molar-refractivity contribution in [3.05, 3.63) is 65.2 Å². The van der Waals surface area contributed by atoms with E-state index in [-0.39, 0.29) is 29.9 Å². The summed E-state index contributed by atoms with van der Waals surface area (Å²) in [5.41, 5.74) is 2.04. The third-order valence-corrected chi connectivity index (χ3v) is 7.56. The average molecular weight is 425 g/mol. The second kappa shape index (κ2) is 6.66. The highest BCUT2D eigenvalue weighted by Gasteiger charge is 2.48. The van der Waals surface area contributed by atoms with Crippen LogP contribution in [0.4, 0.5) is 5.69 Å². The van der Waals surface area contributed by atoms with Gasteiger partial charge in [-0.25, -0.2) is 8.42 Å². The van der Waals surface area contributed by atoms with Crippen LogP contribution in [-0.4, -0.2) is 55.1 Å². The molecular weight excluding hydrogens is 406 g/mol. The van der Waals surface area contributed by atoms with E-state index in [0.29, 0.717) is 28.8 Å². The van der Waals surface area contributed by atoms with Crippen LogP contribution in [0.15, 0.2) is 48.5 Å². The molecule has 5 rings (SSSR count). The minimum Gasteiger partial charge on any atom is -0.351 e. The van der Waals surface area contributed by atoms with Crippen LogP contribution in [0.25, 0.3) is 0 Å². The van der Waals surface area contributed by atoms with Crippen molar-refractivity contribution in [2.24, 2.45) is 0 Å². The SMILES string of the molecule is O=C(CN1C(=O)c2ccccc2N2C(=O)c3ccccc3[C@H]12)N[C@H]1CCS(=O)(=O)C1. The fraction of sp³-hybridized carbons (Fsp3) is 0.286. The lowest BCUT2D eigenvalue weighted by atomic mass is 10.0. The number of para-hydroxylation sites is 1. The highest BCUT2D eigenvalue weighted by atomic mass is 32.2. The van der Waals surface area contributed by atoms with Gasteiger partial charge in [0.25, 0.3) is 11.8 Å². The maximum absolute atomic E-state index is 13.3. The molecule has 1 N–H and O–H groups in total. The number of carbonyl (C=O) groups excluding carboxylic acids is 3. The maximum atomic E-state index is 13.3. The van der Waals surface area contributed by atoms with Crippen molar-refractivity contribution in [3.63, 3.8) is 0 Å². The maximum Gasteiger partial charge on any atom is 0.260 e. The van der Waals surface area contributed by atoms with Crippen LogP contribution < -0.4 is 10.2 Å². The molecule has 154 valence electrons. The molecule has 2 aromatic carbocycles. The largest absolute Gasteiger partial charge is 0.351 e. The van der Waals surface area contributed by atoms with Crippen LogP contribution in [0.5, 0.6) is 0 Å². The molecule has 1 saturated heterocycles. The molecule has 0 bridgehead atoms. The number of hydrogen-bond acceptors (Lipinski definition) is 5. The summed E-state index contributed by atoms with van der Waals surface area (Å²) >= 11 is 0. The van der Waals surface area contributed by atoms with Crippen molar-refractivity contribution in [1.82, 2.24) is 10.2 Å². The molecule has 2 aromatic rings. The van der Waals surface area contributed by atoms with Gasteiger partial charge in [-0.2, -0.15) is 0 Å². The van der Waals surface area contributed by atoms with Gasteiger partial charge in [0, 0.05) is 17.2 Å². The van der Waals surface area contributed by atoms with E-state index in [4.69, 9.17) is 0 Å². The van der Waals surface area contributed by atoms with Gasteiger partial charge < -0.3 is 10.2 Å². The molecule has 0 aromatic heterocycles. The highest BCUT2D eigenvalue weighted by Crippen LogP contribution is 2.44. The Morgan fingerprint density at radius 3 is 2.43 bits per heavy atom. The Balaban J connectivity index is 1.49. The molecule has 2 atom stereocenters. The van der Waals surface area contributed by atoms with E-state index in [1.807, 2.05) is 0 Å². The number of benzene rings is 2. The molecule has 3 heterocycles. The Morgan fingerprint density at radius 1 is 1.00 bits per heavy atom. The molecule has 1 fully saturated rings. The Hall–Kier alpha value is -3.20. The summed E-state index contributed by atoms with van der Waals surface area (Å²) in [7, 11) is -3.13. The molecule has 0 spiro atoms. The molecule has 0 unspecified atom stereocenters. The molecule has 3 aliphatic rings. The minimum atomic E-state index is -3.13. The van der Waals surface area contributed by atoms with Crippen molar-refractivity contribution in [3.8, 4) is 0 Å². The number of carbonyl (C=O) groups is 3. The topological polar surface area (TPSA) is 104 Å². The predicted octanol–water partition coefficient (Wildman–Crippen LogP) is 1.10. The summed E-state index contributed by atoms with van der Waals surface area (Å²) in [6.45, 7) is -0.271. The second-order valence-electron chi connectivity index (χ2n) is 7.75. The summed E-state index contributed by atoms with van der Waals surface area (Å²) < 4.78 is 23.3. The first kappa shape index (κ1) is 18.8. The van der Waals surface area contributed by atoms with Crippen molar-refractivity contribution in [2.75, 3.05) is 23.0 Å². The third-order valence-electron chi connectivity index (χ3n) is 5.79. The Labute approximate surface area is 173 Å². The molecule has 0 radical (unpaired) electrons. The van der Waals surface area contributed by atoms with E-state index in [0.717, 1.165) is 0 Å². The van der Waals surface area contributed by atoms with Gasteiger partial charge in [0.1, 0.15) is 12.7 Å². The van der Waals surface area contributed by atoms with Gasteiger partial charge in [0.05, 0.1) is 22.8 Å². The molecule has 9 heteroatoms. The number of anilines is 1. The number of nitrogens with zero attached hydrogens (tertiary/aromatic N) is 2. The minimum absolute atomic E-state index is 0.0479. The zero-order valence-corrected chi connectivity index (χ0v) is 16.8. The number of nitrogens with one attached hydrogen (secondary N) is 1. The fourth-order valence-electron chi connectivity index (χ4n) is 4.47. The monoisotopic (exact) mass is 425 g/mol. The lowest BCUT2D eigenvalue weighted by Gasteiger charge is -2.40. The molecule has 3 aliphatic heterocycles. The average Bonchev–Trinajstić information content (AvgIpc) is 3.22. The second-order valence-corrected chi connectivity index (χ2v) is 9.98. The smallest absolute Gasteiger partial charge is 0.260 e. The van der Waals surface area contributed by atoms with Gasteiger partial charge in [0.2, 0.25) is 5.91 Å². The van der Waals surface area contributed by atoms with E-state index < -0.39 is 28.0 Å². The molecule has 8 nitrogen and oxygen atoms in total. The Kier molecular flexibility index (Phi) is 4.18. The van der Waals surface area contributed by atoms with E-state index in [2.05, 4.69) is 5.32 Å². The first-order chi connectivity index (χ1) is 14.4. The fourth-order valence-corrected chi connectivity index (χ4v) is 6.14. The number of hydrogen-bond donors (Lipinski definition) is 1. The summed E-state index contributed by atoms with van der Waals surface area (Å²) in [6, 6.07) is 13.4. The van der Waals surface area contributed by atoms with Crippen molar-refractivity contribution >= 4 is 33.2 Å². The zero-order chi connectivity index (χ0) is 21.0. The van der Waals surface area contributed by atoms with Gasteiger partial charge in [-0.05, 0) is 24.6 Å². The van der Waals surface area contributed by atoms with Crippen LogP contribution in [-0.2, 0) is 14.6 Å². The van der Waals surface area contributed by atoms with Crippen molar-refractivity contribution in [2.45, 2.75) is 18.6 Å². The molecular formula is C21H19N3O5S. The van der Waals surface area contributed by atoms with Crippen LogP contribution in [0.2, 0.25) is 0 Å². The Bertz CT molecular complexity index is 1190. The van der Waals surface area contributed by atoms with Crippen molar-refractivity contribution in [1.29, 1.82) is 0 Å². The number of rotatable bonds is 3. The van der Waals surface area contributed by atoms with Gasteiger partial charge in [-0.1, -0.05) is 30.3 Å². The zero-order valence-electron chi connectivity index (χ0n) is 15.9. The van der Waals surface area contributed by atoms with E-state index >= 15 is 0 Å². The molecule has 0 saturated carbocycles. The molecule has 0 aliphatic carbocycles. The van der Waals surface area contributed by atoms with E-state index in [1.165, 1.54) is 4.90 Å². The van der Waals surface area contributed by atoms with Crippen LogP contribution in [0.3, 0.4) is 0 Å². The van der Waals surface area contributed by atoms with Gasteiger partial charge in [-0.15, -0.1) is 0 Å². The van der Waals surface area contributed by atoms with Gasteiger partial charge in [-0.3, -0.25) is 19.3 Å². The number of amides is 3. The number of fused-ring (bicyclic) bond motifs is 5. The summed E-state index contributed by atoms with van der Waals surface area (Å²) in [5, 5.41) is 2.73. The summed E-state index contributed by atoms with van der Waals surface area (Å²) in [5.74, 6) is -1.05. The van der Waals surface area contributed by atoms with E-state index in [9.17, 15) is 22.8 Å². The van der Waals surface area contributed by atoms with Crippen molar-refractivity contribution < 1.29 is 22.8 Å². The van der Waals surface area contributed by atoms with E-state index in [1.54, 1.807) is 53.4 Å². The molecule has 3 amide bonds. The first-order valence-electron chi connectivity index (χ1n) is 9.68. The lowest BCUT2D eigenvalue weighted by Crippen LogP contribution is -2.52. The van der Waals surface area contributed by atoms with Crippen LogP contribution in [0.1, 0.15) is 38.9 Å². The van der Waals surface area contributed by atoms with Gasteiger partial charge >= 0.3 is 0 Å². The van der Waals surface area contributed by atoms with Gasteiger partial charge in [0.15, 0.2) is 9.84 Å².